The smallest absolute Gasteiger partial charge is 0.378 e. The number of nitrogens with one attached hydrogen (secondary N) is 2. The molecule has 2 fully saturated rings. The molecule has 6 rings (SSSR count). The van der Waals surface area contributed by atoms with Gasteiger partial charge in [-0.05, 0) is 18.2 Å². The number of nitrogens with zero attached hydrogens (tertiary/aromatic N) is 4. The second kappa shape index (κ2) is 9.05. The van der Waals surface area contributed by atoms with Crippen LogP contribution in [-0.2, 0) is 17.5 Å². The van der Waals surface area contributed by atoms with E-state index in [4.69, 9.17) is 14.7 Å². The highest BCUT2D eigenvalue weighted by atomic mass is 32.1. The van der Waals surface area contributed by atoms with Gasteiger partial charge in [0.2, 0.25) is 0 Å². The van der Waals surface area contributed by atoms with E-state index in [9.17, 15) is 13.2 Å². The van der Waals surface area contributed by atoms with Crippen molar-refractivity contribution in [2.75, 3.05) is 57.4 Å². The average Bonchev–Trinajstić information content (AvgIpc) is 3.48. The number of alkyl halides is 3. The van der Waals surface area contributed by atoms with Gasteiger partial charge in [-0.3, -0.25) is 4.90 Å². The number of thiophene rings is 1. The third-order valence-corrected chi connectivity index (χ3v) is 7.55. The number of benzene rings is 1. The molecule has 2 saturated heterocycles. The van der Waals surface area contributed by atoms with Crippen LogP contribution in [0.15, 0.2) is 30.3 Å². The van der Waals surface area contributed by atoms with Crippen molar-refractivity contribution in [2.24, 2.45) is 0 Å². The molecule has 0 spiro atoms. The van der Waals surface area contributed by atoms with E-state index in [1.165, 1.54) is 4.88 Å². The van der Waals surface area contributed by atoms with Gasteiger partial charge in [0.05, 0.1) is 18.6 Å². The standard InChI is InChI=1S/C24H25F3N6OS/c25-24(26,27)20-13-17-16(2-1-3-19(17)29-20)21-30-22(33-8-10-34-11-9-33)18-12-15(35-23(18)31-21)14-32-6-4-28-5-7-32/h1-3,12-13,28-29H,4-11,14H2. The molecule has 184 valence electrons. The number of H-pyrrole nitrogens is 1. The van der Waals surface area contributed by atoms with Crippen molar-refractivity contribution in [3.63, 3.8) is 0 Å². The zero-order valence-corrected chi connectivity index (χ0v) is 19.8. The minimum absolute atomic E-state index is 0.414. The van der Waals surface area contributed by atoms with Crippen molar-refractivity contribution < 1.29 is 17.9 Å². The van der Waals surface area contributed by atoms with Gasteiger partial charge in [-0.1, -0.05) is 12.1 Å². The summed E-state index contributed by atoms with van der Waals surface area (Å²) in [6, 6.07) is 8.49. The molecule has 0 saturated carbocycles. The highest BCUT2D eigenvalue weighted by Gasteiger charge is 2.33. The van der Waals surface area contributed by atoms with Crippen molar-refractivity contribution in [1.29, 1.82) is 0 Å². The van der Waals surface area contributed by atoms with E-state index in [-0.39, 0.29) is 0 Å². The Hall–Kier alpha value is -2.73. The highest BCUT2D eigenvalue weighted by molar-refractivity contribution is 7.18. The van der Waals surface area contributed by atoms with Crippen LogP contribution in [0.2, 0.25) is 0 Å². The number of piperazine rings is 1. The van der Waals surface area contributed by atoms with E-state index < -0.39 is 11.9 Å². The molecular weight excluding hydrogens is 477 g/mol. The molecular formula is C24H25F3N6OS. The lowest BCUT2D eigenvalue weighted by Crippen LogP contribution is -2.42. The quantitative estimate of drug-likeness (QED) is 0.438. The summed E-state index contributed by atoms with van der Waals surface area (Å²) in [5.74, 6) is 1.26. The number of anilines is 1. The molecule has 11 heteroatoms. The lowest BCUT2D eigenvalue weighted by atomic mass is 10.1. The molecule has 0 amide bonds. The zero-order chi connectivity index (χ0) is 24.0. The topological polar surface area (TPSA) is 69.3 Å². The summed E-state index contributed by atoms with van der Waals surface area (Å²) in [5.41, 5.74) is 0.226. The second-order valence-corrected chi connectivity index (χ2v) is 9.99. The van der Waals surface area contributed by atoms with Gasteiger partial charge in [0.1, 0.15) is 16.3 Å². The number of morpholine rings is 1. The third-order valence-electron chi connectivity index (χ3n) is 6.53. The Balaban J connectivity index is 1.46. The molecule has 7 nitrogen and oxygen atoms in total. The summed E-state index contributed by atoms with van der Waals surface area (Å²) in [6.45, 7) is 7.45. The number of aromatic amines is 1. The van der Waals surface area contributed by atoms with Gasteiger partial charge in [-0.2, -0.15) is 13.2 Å². The average molecular weight is 503 g/mol. The van der Waals surface area contributed by atoms with Gasteiger partial charge >= 0.3 is 6.18 Å². The second-order valence-electron chi connectivity index (χ2n) is 8.88. The molecule has 2 aliphatic heterocycles. The molecule has 5 heterocycles. The fourth-order valence-corrected chi connectivity index (χ4v) is 5.83. The first kappa shape index (κ1) is 22.7. The molecule has 4 aromatic rings. The molecule has 0 bridgehead atoms. The Morgan fingerprint density at radius 2 is 1.80 bits per heavy atom. The van der Waals surface area contributed by atoms with Crippen LogP contribution in [0.4, 0.5) is 19.0 Å². The van der Waals surface area contributed by atoms with E-state index in [1.54, 1.807) is 29.5 Å². The summed E-state index contributed by atoms with van der Waals surface area (Å²) >= 11 is 1.63. The van der Waals surface area contributed by atoms with Gasteiger partial charge < -0.3 is 19.9 Å². The summed E-state index contributed by atoms with van der Waals surface area (Å²) in [7, 11) is 0. The number of hydrogen-bond donors (Lipinski definition) is 2. The van der Waals surface area contributed by atoms with Gasteiger partial charge in [0.15, 0.2) is 5.82 Å². The molecule has 35 heavy (non-hydrogen) atoms. The molecule has 1 aromatic carbocycles. The first-order valence-corrected chi connectivity index (χ1v) is 12.5. The Kier molecular flexibility index (Phi) is 5.87. The van der Waals surface area contributed by atoms with Crippen LogP contribution in [0.25, 0.3) is 32.5 Å². The van der Waals surface area contributed by atoms with Crippen molar-refractivity contribution in [2.45, 2.75) is 12.7 Å². The molecule has 3 aromatic heterocycles. The van der Waals surface area contributed by atoms with Crippen molar-refractivity contribution in [3.05, 3.63) is 40.9 Å². The Morgan fingerprint density at radius 1 is 1.00 bits per heavy atom. The summed E-state index contributed by atoms with van der Waals surface area (Å²) in [6.07, 6.45) is -4.45. The molecule has 0 atom stereocenters. The summed E-state index contributed by atoms with van der Waals surface area (Å²) in [4.78, 5) is 19.0. The maximum absolute atomic E-state index is 13.4. The Labute approximate surface area is 203 Å². The van der Waals surface area contributed by atoms with Crippen LogP contribution in [0.1, 0.15) is 10.6 Å². The summed E-state index contributed by atoms with van der Waals surface area (Å²) < 4.78 is 45.7. The third kappa shape index (κ3) is 4.49. The highest BCUT2D eigenvalue weighted by Crippen LogP contribution is 2.38. The van der Waals surface area contributed by atoms with Crippen LogP contribution < -0.4 is 10.2 Å². The maximum Gasteiger partial charge on any atom is 0.431 e. The van der Waals surface area contributed by atoms with Gasteiger partial charge in [0, 0.05) is 67.2 Å². The van der Waals surface area contributed by atoms with Crippen LogP contribution in [-0.4, -0.2) is 72.3 Å². The number of aromatic nitrogens is 3. The maximum atomic E-state index is 13.4. The van der Waals surface area contributed by atoms with Crippen molar-refractivity contribution >= 4 is 38.3 Å². The fourth-order valence-electron chi connectivity index (χ4n) is 4.76. The molecule has 2 N–H and O–H groups in total. The van der Waals surface area contributed by atoms with Gasteiger partial charge in [-0.15, -0.1) is 11.3 Å². The van der Waals surface area contributed by atoms with Crippen LogP contribution in [0.5, 0.6) is 0 Å². The normalized spacial score (nSPS) is 18.1. The van der Waals surface area contributed by atoms with E-state index >= 15 is 0 Å². The number of hydrogen-bond acceptors (Lipinski definition) is 7. The largest absolute Gasteiger partial charge is 0.431 e. The van der Waals surface area contributed by atoms with Crippen LogP contribution in [0.3, 0.4) is 0 Å². The monoisotopic (exact) mass is 502 g/mol. The SMILES string of the molecule is FC(F)(F)c1cc2c(-c3nc(N4CCOCC4)c4cc(CN5CCNCC5)sc4n3)cccc2[nH]1. The Morgan fingerprint density at radius 3 is 2.57 bits per heavy atom. The molecule has 0 radical (unpaired) electrons. The number of rotatable bonds is 4. The minimum Gasteiger partial charge on any atom is -0.378 e. The first-order chi connectivity index (χ1) is 17.0. The molecule has 2 aliphatic rings. The first-order valence-electron chi connectivity index (χ1n) is 11.7. The lowest BCUT2D eigenvalue weighted by Gasteiger charge is -2.28. The molecule has 0 aliphatic carbocycles. The van der Waals surface area contributed by atoms with E-state index in [0.29, 0.717) is 48.6 Å². The lowest BCUT2D eigenvalue weighted by molar-refractivity contribution is -0.140. The predicted octanol–water partition coefficient (Wildman–Crippen LogP) is 4.10. The zero-order valence-electron chi connectivity index (χ0n) is 19.0. The van der Waals surface area contributed by atoms with Crippen molar-refractivity contribution in [3.8, 4) is 11.4 Å². The van der Waals surface area contributed by atoms with Crippen LogP contribution in [0, 0.1) is 0 Å². The van der Waals surface area contributed by atoms with E-state index in [2.05, 4.69) is 26.2 Å². The van der Waals surface area contributed by atoms with Crippen LogP contribution >= 0.6 is 11.3 Å². The van der Waals surface area contributed by atoms with E-state index in [0.717, 1.165) is 54.8 Å². The Bertz CT molecular complexity index is 1350. The number of halogens is 3. The minimum atomic E-state index is -4.45. The van der Waals surface area contributed by atoms with Gasteiger partial charge in [-0.25, -0.2) is 9.97 Å². The van der Waals surface area contributed by atoms with E-state index in [1.807, 2.05) is 0 Å². The predicted molar refractivity (Wildman–Crippen MR) is 131 cm³/mol. The number of fused-ring (bicyclic) bond motifs is 2. The fraction of sp³-hybridized carbons (Fsp3) is 0.417. The molecule has 0 unspecified atom stereocenters. The van der Waals surface area contributed by atoms with Crippen molar-refractivity contribution in [1.82, 2.24) is 25.2 Å². The van der Waals surface area contributed by atoms with Gasteiger partial charge in [0.25, 0.3) is 0 Å². The number of ether oxygens (including phenoxy) is 1. The summed E-state index contributed by atoms with van der Waals surface area (Å²) in [5, 5.41) is 4.83.